The summed E-state index contributed by atoms with van der Waals surface area (Å²) in [5, 5.41) is -0.517. The van der Waals surface area contributed by atoms with Crippen LogP contribution in [0.15, 0.2) is 59.8 Å². The molecule has 346 valence electrons. The molecular weight excluding hydrogens is 889 g/mol. The minimum Gasteiger partial charge on any atom is -0.497 e. The van der Waals surface area contributed by atoms with Crippen LogP contribution in [0.2, 0.25) is 0 Å². The highest BCUT2D eigenvalue weighted by atomic mass is 32.2. The number of ether oxygens (including phenoxy) is 4. The number of amides is 1. The van der Waals surface area contributed by atoms with Gasteiger partial charge < -0.3 is 28.7 Å². The van der Waals surface area contributed by atoms with Gasteiger partial charge in [-0.1, -0.05) is 36.0 Å². The van der Waals surface area contributed by atoms with Gasteiger partial charge in [-0.25, -0.2) is 28.5 Å². The maximum atomic E-state index is 17.5. The molecule has 2 bridgehead atoms. The van der Waals surface area contributed by atoms with E-state index in [9.17, 15) is 4.79 Å². The number of thioether (sulfide) groups is 1. The molecule has 20 heteroatoms. The molecule has 0 aliphatic carbocycles. The van der Waals surface area contributed by atoms with Gasteiger partial charge >= 0.3 is 18.4 Å². The normalized spacial score (nSPS) is 19.4. The highest BCUT2D eigenvalue weighted by molar-refractivity contribution is 7.98. The predicted octanol–water partition coefficient (Wildman–Crippen LogP) is 10.5. The van der Waals surface area contributed by atoms with Crippen molar-refractivity contribution in [3.05, 3.63) is 88.5 Å². The summed E-state index contributed by atoms with van der Waals surface area (Å²) in [6.45, 7) is 5.43. The zero-order chi connectivity index (χ0) is 46.9. The molecule has 2 aromatic heterocycles. The third kappa shape index (κ3) is 8.60. The fourth-order valence-electron chi connectivity index (χ4n) is 8.98. The second-order valence-electron chi connectivity index (χ2n) is 17.1. The molecule has 0 radical (unpaired) electrons. The Morgan fingerprint density at radius 3 is 2.00 bits per heavy atom. The lowest BCUT2D eigenvalue weighted by Gasteiger charge is -2.48. The number of anilines is 2. The van der Waals surface area contributed by atoms with Gasteiger partial charge in [0.2, 0.25) is 12.0 Å². The number of aromatic nitrogens is 3. The van der Waals surface area contributed by atoms with Crippen molar-refractivity contribution < 1.29 is 58.9 Å². The average Bonchev–Trinajstić information content (AvgIpc) is 3.49. The number of alkyl halides is 6. The van der Waals surface area contributed by atoms with Crippen LogP contribution in [0.4, 0.5) is 51.4 Å². The first-order chi connectivity index (χ1) is 30.6. The Bertz CT molecular complexity index is 2580. The number of benzene rings is 3. The molecule has 5 heterocycles. The number of pyridine rings is 1. The Morgan fingerprint density at radius 1 is 0.877 bits per heavy atom. The van der Waals surface area contributed by atoms with Gasteiger partial charge in [0, 0.05) is 25.2 Å². The number of carbonyl (C=O) groups excluding carboxylic acids is 1. The van der Waals surface area contributed by atoms with Crippen molar-refractivity contribution in [2.75, 3.05) is 36.8 Å². The van der Waals surface area contributed by atoms with Crippen molar-refractivity contribution in [2.24, 2.45) is 0 Å². The summed E-state index contributed by atoms with van der Waals surface area (Å²) in [4.78, 5) is 30.6. The number of hydrogen-bond donors (Lipinski definition) is 0. The summed E-state index contributed by atoms with van der Waals surface area (Å²) >= 11 is 0.924. The summed E-state index contributed by atoms with van der Waals surface area (Å²) in [6.07, 6.45) is -12.1. The summed E-state index contributed by atoms with van der Waals surface area (Å²) in [6, 6.07) is 10.7. The Kier molecular flexibility index (Phi) is 11.9. The number of fused-ring (bicyclic) bond motifs is 5. The monoisotopic (exact) mass is 932 g/mol. The first kappa shape index (κ1) is 45.8. The van der Waals surface area contributed by atoms with Gasteiger partial charge in [0.15, 0.2) is 11.0 Å². The van der Waals surface area contributed by atoms with Crippen LogP contribution < -0.4 is 24.0 Å². The molecule has 4 atom stereocenters. The maximum absolute atomic E-state index is 17.5. The fraction of sp³-hybridized carbons (Fsp3) is 0.422. The van der Waals surface area contributed by atoms with Crippen LogP contribution in [-0.2, 0) is 24.0 Å². The Labute approximate surface area is 373 Å². The highest BCUT2D eigenvalue weighted by Crippen LogP contribution is 2.51. The number of carbonyl (C=O) groups is 1. The van der Waals surface area contributed by atoms with Crippen LogP contribution >= 0.6 is 11.8 Å². The van der Waals surface area contributed by atoms with Crippen molar-refractivity contribution in [1.82, 2.24) is 19.9 Å². The van der Waals surface area contributed by atoms with Crippen LogP contribution in [0, 0.1) is 18.6 Å². The second-order valence-corrected chi connectivity index (χ2v) is 17.8. The van der Waals surface area contributed by atoms with Gasteiger partial charge in [-0.2, -0.15) is 26.3 Å². The molecule has 2 saturated heterocycles. The van der Waals surface area contributed by atoms with E-state index in [-0.39, 0.29) is 42.7 Å². The van der Waals surface area contributed by atoms with Crippen molar-refractivity contribution in [3.8, 4) is 28.6 Å². The Balaban J connectivity index is 1.34. The standard InChI is InChI=1S/C45H44F8N6O5S/c1-22-32(44(48,49)50)28(18-30(33(22)46)57(19-23-8-13-26(61-5)14-9-23)20-24-10-15-27(62-6)16-11-24)35-34(47)36-31-39(56-41(55-36)65-7)58-21-25-12-17-29(59(25)42(60)64-43(2,3)4)37(58)38(45(51,52)53)63-40(31)54-35/h8-11,13-16,18,25,29,37-38H,12,17,19-21H2,1-7H3/t25-,29+,37+,38-/m1/s1. The molecule has 65 heavy (non-hydrogen) atoms. The minimum absolute atomic E-state index is 0.0696. The third-order valence-corrected chi connectivity index (χ3v) is 12.3. The highest BCUT2D eigenvalue weighted by Gasteiger charge is 2.61. The molecule has 2 fully saturated rings. The zero-order valence-corrected chi connectivity index (χ0v) is 37.0. The number of piperazine rings is 1. The SMILES string of the molecule is COc1ccc(CN(Cc2ccc(OC)cc2)c2cc(-c3nc4c5c(nc(SC)nc5c3F)N3C[C@H]5CC[C@@H]([C@H]3[C@H](C(F)(F)F)O4)N5C(=O)OC(C)(C)C)c(C(F)(F)F)c(C)c2F)cc1. The van der Waals surface area contributed by atoms with Gasteiger partial charge in [-0.15, -0.1) is 0 Å². The topological polar surface area (TPSA) is 102 Å². The molecule has 0 spiro atoms. The molecule has 0 N–H and O–H groups in total. The molecule has 3 aliphatic rings. The van der Waals surface area contributed by atoms with E-state index in [4.69, 9.17) is 18.9 Å². The largest absolute Gasteiger partial charge is 0.497 e. The molecule has 5 aromatic rings. The van der Waals surface area contributed by atoms with E-state index >= 15 is 35.1 Å². The lowest BCUT2D eigenvalue weighted by Crippen LogP contribution is -2.68. The molecule has 0 unspecified atom stereocenters. The van der Waals surface area contributed by atoms with Crippen molar-refractivity contribution in [3.63, 3.8) is 0 Å². The number of rotatable bonds is 9. The molecule has 1 amide bonds. The first-order valence-electron chi connectivity index (χ1n) is 20.5. The summed E-state index contributed by atoms with van der Waals surface area (Å²) in [5.41, 5.74) is -5.38. The van der Waals surface area contributed by atoms with E-state index in [0.717, 1.165) is 24.8 Å². The van der Waals surface area contributed by atoms with Crippen LogP contribution in [-0.4, -0.2) is 89.0 Å². The van der Waals surface area contributed by atoms with E-state index in [1.165, 1.54) is 28.9 Å². The molecule has 0 saturated carbocycles. The van der Waals surface area contributed by atoms with Crippen LogP contribution in [0.25, 0.3) is 22.2 Å². The fourth-order valence-corrected chi connectivity index (χ4v) is 9.34. The summed E-state index contributed by atoms with van der Waals surface area (Å²) in [5.74, 6) is -2.75. The minimum atomic E-state index is -5.32. The van der Waals surface area contributed by atoms with E-state index in [1.54, 1.807) is 75.6 Å². The third-order valence-electron chi connectivity index (χ3n) is 11.8. The lowest BCUT2D eigenvalue weighted by atomic mass is 9.95. The van der Waals surface area contributed by atoms with Crippen LogP contribution in [0.5, 0.6) is 17.4 Å². The maximum Gasteiger partial charge on any atom is 0.427 e. The molecule has 8 rings (SSSR count). The molecular formula is C45H44F8N6O5S. The molecule has 3 aliphatic heterocycles. The molecule has 3 aromatic carbocycles. The summed E-state index contributed by atoms with van der Waals surface area (Å²) < 4.78 is 149. The van der Waals surface area contributed by atoms with E-state index < -0.39 is 99.1 Å². The predicted molar refractivity (Wildman–Crippen MR) is 227 cm³/mol. The Morgan fingerprint density at radius 2 is 1.48 bits per heavy atom. The van der Waals surface area contributed by atoms with E-state index in [0.29, 0.717) is 29.0 Å². The molecule has 11 nitrogen and oxygen atoms in total. The Hall–Kier alpha value is -5.79. The van der Waals surface area contributed by atoms with Gasteiger partial charge in [-0.05, 0) is 93.8 Å². The summed E-state index contributed by atoms with van der Waals surface area (Å²) in [7, 11) is 2.95. The zero-order valence-electron chi connectivity index (χ0n) is 36.2. The number of nitrogens with zero attached hydrogens (tertiary/aromatic N) is 6. The first-order valence-corrected chi connectivity index (χ1v) is 21.7. The van der Waals surface area contributed by atoms with Gasteiger partial charge in [0.25, 0.3) is 0 Å². The van der Waals surface area contributed by atoms with Crippen LogP contribution in [0.3, 0.4) is 0 Å². The van der Waals surface area contributed by atoms with Gasteiger partial charge in [0.1, 0.15) is 45.3 Å². The number of hydrogen-bond acceptors (Lipinski definition) is 11. The number of halogens is 8. The van der Waals surface area contributed by atoms with E-state index in [2.05, 4.69) is 15.0 Å². The van der Waals surface area contributed by atoms with Crippen LogP contribution in [0.1, 0.15) is 55.9 Å². The van der Waals surface area contributed by atoms with Crippen molar-refractivity contribution >= 4 is 40.3 Å². The average molecular weight is 933 g/mol. The van der Waals surface area contributed by atoms with Crippen molar-refractivity contribution in [1.29, 1.82) is 0 Å². The second kappa shape index (κ2) is 16.9. The van der Waals surface area contributed by atoms with E-state index in [1.807, 2.05) is 0 Å². The lowest BCUT2D eigenvalue weighted by molar-refractivity contribution is -0.206. The van der Waals surface area contributed by atoms with Gasteiger partial charge in [0.05, 0.1) is 43.6 Å². The quantitative estimate of drug-likeness (QED) is 0.0802. The number of methoxy groups -OCH3 is 2. The van der Waals surface area contributed by atoms with Crippen molar-refractivity contribution in [2.45, 2.75) is 101 Å². The van der Waals surface area contributed by atoms with Gasteiger partial charge in [-0.3, -0.25) is 4.90 Å². The smallest absolute Gasteiger partial charge is 0.427 e.